The van der Waals surface area contributed by atoms with Crippen LogP contribution in [0.4, 0.5) is 18.0 Å². The van der Waals surface area contributed by atoms with Crippen LogP contribution in [0.25, 0.3) is 11.5 Å². The fourth-order valence-corrected chi connectivity index (χ4v) is 4.56. The van der Waals surface area contributed by atoms with Gasteiger partial charge >= 0.3 is 12.3 Å². The molecule has 0 N–H and O–H groups in total. The van der Waals surface area contributed by atoms with E-state index in [1.165, 1.54) is 17.0 Å². The molecule has 2 heterocycles. The molecule has 1 fully saturated rings. The van der Waals surface area contributed by atoms with Crippen LogP contribution < -0.4 is 4.74 Å². The Kier molecular flexibility index (Phi) is 9.24. The van der Waals surface area contributed by atoms with Gasteiger partial charge in [0, 0.05) is 5.56 Å². The zero-order valence-corrected chi connectivity index (χ0v) is 23.9. The first-order valence-corrected chi connectivity index (χ1v) is 13.4. The van der Waals surface area contributed by atoms with Gasteiger partial charge in [-0.1, -0.05) is 39.0 Å². The second-order valence-electron chi connectivity index (χ2n) is 11.6. The summed E-state index contributed by atoms with van der Waals surface area (Å²) in [6.07, 6.45) is 0.742. The molecule has 0 spiro atoms. The number of alkyl halides is 3. The van der Waals surface area contributed by atoms with Crippen LogP contribution in [0, 0.1) is 0 Å². The number of unbranched alkanes of at least 4 members (excludes halogenated alkanes) is 5. The van der Waals surface area contributed by atoms with E-state index in [1.54, 1.807) is 41.5 Å². The van der Waals surface area contributed by atoms with Crippen LogP contribution in [0.3, 0.4) is 0 Å². The van der Waals surface area contributed by atoms with Crippen molar-refractivity contribution in [2.24, 2.45) is 0 Å². The highest BCUT2D eigenvalue weighted by Crippen LogP contribution is 2.44. The molecule has 11 heteroatoms. The summed E-state index contributed by atoms with van der Waals surface area (Å²) in [5.41, 5.74) is -3.85. The molecule has 218 valence electrons. The third-order valence-corrected chi connectivity index (χ3v) is 6.49. The Labute approximate surface area is 228 Å². The summed E-state index contributed by atoms with van der Waals surface area (Å²) in [4.78, 5) is 14.5. The van der Waals surface area contributed by atoms with Crippen molar-refractivity contribution in [3.8, 4) is 17.2 Å². The highest BCUT2D eigenvalue weighted by molar-refractivity contribution is 5.70. The minimum absolute atomic E-state index is 0.0193. The van der Waals surface area contributed by atoms with Crippen LogP contribution in [0.1, 0.15) is 98.4 Å². The molecule has 0 saturated carbocycles. The number of benzene rings is 1. The minimum Gasteiger partial charge on any atom is -0.493 e. The number of aromatic nitrogens is 2. The highest BCUT2D eigenvalue weighted by atomic mass is 19.4. The molecule has 0 radical (unpaired) electrons. The Bertz CT molecular complexity index is 1130. The van der Waals surface area contributed by atoms with Gasteiger partial charge in [-0.05, 0) is 66.2 Å². The Morgan fingerprint density at radius 2 is 1.72 bits per heavy atom. The third-order valence-electron chi connectivity index (χ3n) is 6.49. The summed E-state index contributed by atoms with van der Waals surface area (Å²) < 4.78 is 64.5. The number of carbonyl (C=O) groups excluding carboxylic acids is 1. The number of ether oxygens (including phenoxy) is 3. The van der Waals surface area contributed by atoms with E-state index in [0.717, 1.165) is 38.2 Å². The van der Waals surface area contributed by atoms with Gasteiger partial charge in [0.25, 0.3) is 0 Å². The molecule has 1 amide bonds. The molecule has 3 rings (SSSR count). The van der Waals surface area contributed by atoms with E-state index in [4.69, 9.17) is 18.6 Å². The van der Waals surface area contributed by atoms with Crippen molar-refractivity contribution in [3.63, 3.8) is 0 Å². The van der Waals surface area contributed by atoms with Gasteiger partial charge in [0.05, 0.1) is 18.8 Å². The Balaban J connectivity index is 1.83. The second kappa shape index (κ2) is 11.7. The number of rotatable bonds is 10. The van der Waals surface area contributed by atoms with E-state index in [-0.39, 0.29) is 36.3 Å². The molecular weight excluding hydrogens is 515 g/mol. The van der Waals surface area contributed by atoms with Crippen LogP contribution in [-0.4, -0.2) is 45.7 Å². The first kappa shape index (κ1) is 30.7. The predicted molar refractivity (Wildman–Crippen MR) is 139 cm³/mol. The van der Waals surface area contributed by atoms with Gasteiger partial charge in [0.15, 0.2) is 0 Å². The number of halogens is 3. The van der Waals surface area contributed by atoms with Crippen molar-refractivity contribution in [3.05, 3.63) is 29.7 Å². The van der Waals surface area contributed by atoms with Crippen LogP contribution >= 0.6 is 0 Å². The molecule has 1 aliphatic heterocycles. The van der Waals surface area contributed by atoms with E-state index in [0.29, 0.717) is 6.42 Å². The van der Waals surface area contributed by atoms with Gasteiger partial charge in [-0.3, -0.25) is 4.90 Å². The molecule has 8 nitrogen and oxygen atoms in total. The summed E-state index contributed by atoms with van der Waals surface area (Å²) in [5.74, 6) is -0.340. The molecular formula is C28H40F3N3O5. The van der Waals surface area contributed by atoms with Crippen molar-refractivity contribution >= 4 is 6.09 Å². The van der Waals surface area contributed by atoms with E-state index < -0.39 is 34.7 Å². The molecule has 1 aromatic carbocycles. The van der Waals surface area contributed by atoms with E-state index in [1.807, 2.05) is 0 Å². The first-order chi connectivity index (χ1) is 18.1. The average molecular weight is 556 g/mol. The van der Waals surface area contributed by atoms with E-state index >= 15 is 0 Å². The molecule has 1 atom stereocenters. The number of hydrogen-bond donors (Lipinski definition) is 0. The van der Waals surface area contributed by atoms with Crippen molar-refractivity contribution in [2.45, 2.75) is 110 Å². The Hall–Kier alpha value is -2.82. The summed E-state index contributed by atoms with van der Waals surface area (Å²) in [6.45, 7) is 12.7. The summed E-state index contributed by atoms with van der Waals surface area (Å²) in [6, 6.07) is 3.67. The smallest absolute Gasteiger partial charge is 0.419 e. The number of carbonyl (C=O) groups is 1. The largest absolute Gasteiger partial charge is 0.493 e. The number of amides is 1. The maximum absolute atomic E-state index is 13.9. The van der Waals surface area contributed by atoms with Crippen molar-refractivity contribution in [1.82, 2.24) is 15.1 Å². The fraction of sp³-hybridized carbons (Fsp3) is 0.679. The quantitative estimate of drug-likeness (QED) is 0.278. The Morgan fingerprint density at radius 3 is 2.36 bits per heavy atom. The summed E-state index contributed by atoms with van der Waals surface area (Å²) >= 11 is 0. The number of nitrogens with zero attached hydrogens (tertiary/aromatic N) is 3. The third kappa shape index (κ3) is 7.43. The van der Waals surface area contributed by atoms with Gasteiger partial charge in [-0.2, -0.15) is 13.2 Å². The maximum Gasteiger partial charge on any atom is 0.419 e. The van der Waals surface area contributed by atoms with E-state index in [2.05, 4.69) is 17.1 Å². The minimum atomic E-state index is -4.64. The van der Waals surface area contributed by atoms with Crippen LogP contribution in [0.5, 0.6) is 5.75 Å². The fourth-order valence-electron chi connectivity index (χ4n) is 4.56. The topological polar surface area (TPSA) is 86.9 Å². The average Bonchev–Trinajstić information content (AvgIpc) is 3.40. The van der Waals surface area contributed by atoms with Crippen LogP contribution in [-0.2, 0) is 21.2 Å². The lowest BCUT2D eigenvalue weighted by Gasteiger charge is -2.38. The normalized spacial score (nSPS) is 19.4. The van der Waals surface area contributed by atoms with Crippen LogP contribution in [0.15, 0.2) is 22.6 Å². The Morgan fingerprint density at radius 1 is 1.05 bits per heavy atom. The van der Waals surface area contributed by atoms with Crippen molar-refractivity contribution in [1.29, 1.82) is 0 Å². The molecule has 0 bridgehead atoms. The lowest BCUT2D eigenvalue weighted by Crippen LogP contribution is -2.54. The first-order valence-electron chi connectivity index (χ1n) is 13.4. The van der Waals surface area contributed by atoms with Gasteiger partial charge in [-0.15, -0.1) is 10.2 Å². The molecule has 39 heavy (non-hydrogen) atoms. The molecule has 2 aromatic rings. The zero-order chi connectivity index (χ0) is 29.1. The molecule has 1 aliphatic rings. The summed E-state index contributed by atoms with van der Waals surface area (Å²) in [5, 5.41) is 8.08. The zero-order valence-electron chi connectivity index (χ0n) is 23.9. The van der Waals surface area contributed by atoms with Gasteiger partial charge in [-0.25, -0.2) is 4.79 Å². The van der Waals surface area contributed by atoms with E-state index in [9.17, 15) is 18.0 Å². The van der Waals surface area contributed by atoms with Gasteiger partial charge < -0.3 is 18.6 Å². The molecule has 0 aliphatic carbocycles. The van der Waals surface area contributed by atoms with Crippen molar-refractivity contribution in [2.75, 3.05) is 13.2 Å². The lowest BCUT2D eigenvalue weighted by atomic mass is 10.0. The maximum atomic E-state index is 13.9. The summed E-state index contributed by atoms with van der Waals surface area (Å²) in [7, 11) is 0. The van der Waals surface area contributed by atoms with Crippen molar-refractivity contribution < 1.29 is 36.6 Å². The molecule has 1 saturated heterocycles. The van der Waals surface area contributed by atoms with Crippen LogP contribution in [0.2, 0.25) is 0 Å². The molecule has 1 aromatic heterocycles. The predicted octanol–water partition coefficient (Wildman–Crippen LogP) is 7.71. The number of hydrogen-bond acceptors (Lipinski definition) is 7. The van der Waals surface area contributed by atoms with Gasteiger partial charge in [0.1, 0.15) is 22.6 Å². The standard InChI is InChI=1S/C28H40F3N3O5/c1-8-9-10-11-12-13-16-36-21-15-14-19(17-20(21)28(29,30)31)22-32-33-23(38-22)27(7)18-37-26(5,6)34(27)24(35)39-25(2,3)4/h14-15,17H,8-13,16,18H2,1-7H3. The van der Waals surface area contributed by atoms with Gasteiger partial charge in [0.2, 0.25) is 11.8 Å². The monoisotopic (exact) mass is 555 g/mol. The molecule has 1 unspecified atom stereocenters. The SMILES string of the molecule is CCCCCCCCOc1ccc(-c2nnc(C3(C)COC(C)(C)N3C(=O)OC(C)(C)C)o2)cc1C(F)(F)F. The highest BCUT2D eigenvalue weighted by Gasteiger charge is 2.56. The lowest BCUT2D eigenvalue weighted by molar-refractivity contribution is -0.138. The second-order valence-corrected chi connectivity index (χ2v) is 11.6.